The summed E-state index contributed by atoms with van der Waals surface area (Å²) in [5.74, 6) is 0. The van der Waals surface area contributed by atoms with Gasteiger partial charge in [0.1, 0.15) is 8.07 Å². The van der Waals surface area contributed by atoms with Gasteiger partial charge in [0.25, 0.3) is 0 Å². The number of benzene rings is 3. The smallest absolute Gasteiger partial charge is 0.302 e. The van der Waals surface area contributed by atoms with Crippen LogP contribution in [0.3, 0.4) is 0 Å². The largest absolute Gasteiger partial charge is 0.472 e. The molecule has 0 spiro atoms. The highest BCUT2D eigenvalue weighted by molar-refractivity contribution is 7.47. The van der Waals surface area contributed by atoms with Gasteiger partial charge in [-0.2, -0.15) is 0 Å². The lowest BCUT2D eigenvalue weighted by molar-refractivity contribution is 0.156. The van der Waals surface area contributed by atoms with E-state index in [1.165, 1.54) is 10.4 Å². The monoisotopic (exact) mass is 426 g/mol. The molecule has 0 aliphatic rings. The van der Waals surface area contributed by atoms with Crippen molar-refractivity contribution >= 4 is 26.3 Å². The molecule has 0 aliphatic carbocycles. The minimum Gasteiger partial charge on any atom is -0.302 e. The second kappa shape index (κ2) is 10.1. The summed E-state index contributed by atoms with van der Waals surface area (Å²) in [7, 11) is -6.17. The third-order valence-electron chi connectivity index (χ3n) is 5.17. The van der Waals surface area contributed by atoms with Crippen LogP contribution in [0.2, 0.25) is 12.6 Å². The molecule has 1 N–H and O–H groups in total. The molecule has 0 bridgehead atoms. The van der Waals surface area contributed by atoms with Gasteiger partial charge in [0.05, 0.1) is 13.2 Å². The second-order valence-corrected chi connectivity index (χ2v) is 13.0. The Morgan fingerprint density at radius 2 is 1.21 bits per heavy atom. The van der Waals surface area contributed by atoms with Crippen molar-refractivity contribution in [2.75, 3.05) is 13.2 Å². The molecule has 29 heavy (non-hydrogen) atoms. The van der Waals surface area contributed by atoms with E-state index >= 15 is 0 Å². The molecular formula is C23H27O4PSi. The van der Waals surface area contributed by atoms with Crippen molar-refractivity contribution in [3.63, 3.8) is 0 Å². The fraction of sp³-hybridized carbons (Fsp3) is 0.217. The average Bonchev–Trinajstić information content (AvgIpc) is 2.75. The van der Waals surface area contributed by atoms with Gasteiger partial charge < -0.3 is 4.89 Å². The molecule has 3 aromatic rings. The van der Waals surface area contributed by atoms with E-state index in [0.29, 0.717) is 12.5 Å². The fourth-order valence-corrected chi connectivity index (χ4v) is 7.56. The Morgan fingerprint density at radius 1 is 0.759 bits per heavy atom. The minimum atomic E-state index is -4.08. The van der Waals surface area contributed by atoms with Crippen molar-refractivity contribution in [3.05, 3.63) is 96.6 Å². The molecule has 4 nitrogen and oxygen atoms in total. The van der Waals surface area contributed by atoms with Gasteiger partial charge in [0, 0.05) is 0 Å². The molecule has 6 heteroatoms. The van der Waals surface area contributed by atoms with Gasteiger partial charge in [-0.1, -0.05) is 108 Å². The van der Waals surface area contributed by atoms with Crippen LogP contribution in [0, 0.1) is 0 Å². The van der Waals surface area contributed by atoms with Crippen LogP contribution in [-0.4, -0.2) is 26.2 Å². The van der Waals surface area contributed by atoms with E-state index in [2.05, 4.69) is 30.8 Å². The Kier molecular flexibility index (Phi) is 7.59. The molecule has 1 atom stereocenters. The topological polar surface area (TPSA) is 55.8 Å². The molecule has 0 fully saturated rings. The van der Waals surface area contributed by atoms with Gasteiger partial charge in [-0.15, -0.1) is 0 Å². The van der Waals surface area contributed by atoms with E-state index < -0.39 is 15.9 Å². The highest BCUT2D eigenvalue weighted by Crippen LogP contribution is 2.43. The standard InChI is InChI=1S/C23H27O4PSi/c1-29(22-13-7-3-8-14-22,23-15-9-4-10-16-23)20-19-27-28(24,25)26-18-17-21-11-5-2-6-12-21/h2-16H,17-20H2,1H3,(H,24,25). The maximum atomic E-state index is 12.3. The van der Waals surface area contributed by atoms with E-state index in [1.807, 2.05) is 66.7 Å². The summed E-state index contributed by atoms with van der Waals surface area (Å²) in [6.07, 6.45) is 0.565. The maximum Gasteiger partial charge on any atom is 0.472 e. The van der Waals surface area contributed by atoms with Crippen molar-refractivity contribution in [1.82, 2.24) is 0 Å². The van der Waals surface area contributed by atoms with E-state index in [4.69, 9.17) is 9.05 Å². The number of phosphoric ester groups is 1. The van der Waals surface area contributed by atoms with Crippen molar-refractivity contribution in [3.8, 4) is 0 Å². The van der Waals surface area contributed by atoms with Gasteiger partial charge in [-0.05, 0) is 18.0 Å². The third-order valence-corrected chi connectivity index (χ3v) is 10.6. The van der Waals surface area contributed by atoms with E-state index in [9.17, 15) is 9.46 Å². The minimum absolute atomic E-state index is 0.143. The van der Waals surface area contributed by atoms with Crippen LogP contribution in [0.25, 0.3) is 0 Å². The maximum absolute atomic E-state index is 12.3. The lowest BCUT2D eigenvalue weighted by atomic mass is 10.2. The normalized spacial score (nSPS) is 13.7. The average molecular weight is 427 g/mol. The number of rotatable bonds is 10. The summed E-state index contributed by atoms with van der Waals surface area (Å²) < 4.78 is 22.8. The summed E-state index contributed by atoms with van der Waals surface area (Å²) in [5.41, 5.74) is 1.06. The van der Waals surface area contributed by atoms with Crippen molar-refractivity contribution in [2.24, 2.45) is 0 Å². The molecule has 3 aromatic carbocycles. The Balaban J connectivity index is 1.60. The van der Waals surface area contributed by atoms with Gasteiger partial charge in [-0.25, -0.2) is 4.57 Å². The van der Waals surface area contributed by atoms with Crippen molar-refractivity contribution < 1.29 is 18.5 Å². The SMILES string of the molecule is C[Si](CCOP(=O)(O)OCCc1ccccc1)(c1ccccc1)c1ccccc1. The van der Waals surface area contributed by atoms with Crippen LogP contribution < -0.4 is 10.4 Å². The molecule has 0 saturated heterocycles. The first-order valence-electron chi connectivity index (χ1n) is 9.76. The first kappa shape index (κ1) is 21.7. The summed E-state index contributed by atoms with van der Waals surface area (Å²) in [5, 5.41) is 2.54. The first-order chi connectivity index (χ1) is 14.0. The summed E-state index contributed by atoms with van der Waals surface area (Å²) in [6.45, 7) is 2.58. The number of hydrogen-bond acceptors (Lipinski definition) is 3. The number of hydrogen-bond donors (Lipinski definition) is 1. The van der Waals surface area contributed by atoms with Crippen LogP contribution >= 0.6 is 7.82 Å². The van der Waals surface area contributed by atoms with Crippen molar-refractivity contribution in [2.45, 2.75) is 19.0 Å². The Hall–Kier alpha value is -2.01. The molecule has 0 aliphatic heterocycles. The van der Waals surface area contributed by atoms with Crippen LogP contribution in [-0.2, 0) is 20.0 Å². The van der Waals surface area contributed by atoms with E-state index in [-0.39, 0.29) is 13.2 Å². The van der Waals surface area contributed by atoms with Gasteiger partial charge in [0.15, 0.2) is 0 Å². The third kappa shape index (κ3) is 6.23. The Labute approximate surface area is 173 Å². The summed E-state index contributed by atoms with van der Waals surface area (Å²) in [6, 6.07) is 31.1. The zero-order valence-electron chi connectivity index (χ0n) is 16.6. The lowest BCUT2D eigenvalue weighted by Crippen LogP contribution is -2.56. The molecular weight excluding hydrogens is 399 g/mol. The van der Waals surface area contributed by atoms with Crippen LogP contribution in [0.1, 0.15) is 5.56 Å². The molecule has 0 saturated carbocycles. The molecule has 1 unspecified atom stereocenters. The highest BCUT2D eigenvalue weighted by Gasteiger charge is 2.32. The molecule has 3 rings (SSSR count). The van der Waals surface area contributed by atoms with E-state index in [1.54, 1.807) is 0 Å². The quantitative estimate of drug-likeness (QED) is 0.389. The first-order valence-corrected chi connectivity index (χ1v) is 14.0. The predicted octanol–water partition coefficient (Wildman–Crippen LogP) is 4.26. The van der Waals surface area contributed by atoms with Crippen molar-refractivity contribution in [1.29, 1.82) is 0 Å². The highest BCUT2D eigenvalue weighted by atomic mass is 31.2. The molecule has 0 heterocycles. The molecule has 0 amide bonds. The summed E-state index contributed by atoms with van der Waals surface area (Å²) in [4.78, 5) is 10.1. The van der Waals surface area contributed by atoms with Crippen LogP contribution in [0.4, 0.5) is 0 Å². The fourth-order valence-electron chi connectivity index (χ4n) is 3.39. The zero-order chi connectivity index (χ0) is 20.6. The second-order valence-electron chi connectivity index (χ2n) is 7.18. The van der Waals surface area contributed by atoms with Crippen LogP contribution in [0.5, 0.6) is 0 Å². The molecule has 152 valence electrons. The Bertz CT molecular complexity index is 880. The van der Waals surface area contributed by atoms with Gasteiger partial charge >= 0.3 is 7.82 Å². The molecule has 0 aromatic heterocycles. The predicted molar refractivity (Wildman–Crippen MR) is 120 cm³/mol. The van der Waals surface area contributed by atoms with Gasteiger partial charge in [0.2, 0.25) is 0 Å². The zero-order valence-corrected chi connectivity index (χ0v) is 18.5. The van der Waals surface area contributed by atoms with E-state index in [0.717, 1.165) is 5.56 Å². The Morgan fingerprint density at radius 3 is 1.72 bits per heavy atom. The molecule has 0 radical (unpaired) electrons. The van der Waals surface area contributed by atoms with Gasteiger partial charge in [-0.3, -0.25) is 9.05 Å². The lowest BCUT2D eigenvalue weighted by Gasteiger charge is -2.29. The van der Waals surface area contributed by atoms with Crippen LogP contribution in [0.15, 0.2) is 91.0 Å². The number of phosphoric acid groups is 1. The summed E-state index contributed by atoms with van der Waals surface area (Å²) >= 11 is 0.